The van der Waals surface area contributed by atoms with Gasteiger partial charge in [0.15, 0.2) is 0 Å². The van der Waals surface area contributed by atoms with E-state index in [-0.39, 0.29) is 15.1 Å². The van der Waals surface area contributed by atoms with Crippen LogP contribution in [-0.2, 0) is 14.5 Å². The van der Waals surface area contributed by atoms with Crippen LogP contribution in [-0.4, -0.2) is 21.0 Å². The minimum absolute atomic E-state index is 0.344. The molecule has 3 nitrogen and oxygen atoms in total. The molecular formula is C21H36O3SSi. The molecule has 1 unspecified atom stereocenters. The molecule has 0 saturated heterocycles. The van der Waals surface area contributed by atoms with Crippen molar-refractivity contribution in [3.63, 3.8) is 0 Å². The molecule has 0 aliphatic rings. The molecule has 1 aromatic carbocycles. The maximum Gasteiger partial charge on any atom is 0.275 e. The molecule has 0 aliphatic carbocycles. The van der Waals surface area contributed by atoms with Crippen LogP contribution in [0, 0.1) is 0 Å². The van der Waals surface area contributed by atoms with Crippen molar-refractivity contribution in [1.29, 1.82) is 0 Å². The summed E-state index contributed by atoms with van der Waals surface area (Å²) in [5, 5.41) is -1.03. The fraction of sp³-hybridized carbons (Fsp3) is 0.619. The topological polar surface area (TPSA) is 54.4 Å². The zero-order valence-corrected chi connectivity index (χ0v) is 19.7. The van der Waals surface area contributed by atoms with Crippen molar-refractivity contribution in [3.8, 4) is 0 Å². The molecule has 1 atom stereocenters. The van der Waals surface area contributed by atoms with Crippen LogP contribution in [0.25, 0.3) is 0 Å². The molecule has 1 aromatic rings. The average molecular weight is 397 g/mol. The van der Waals surface area contributed by atoms with Gasteiger partial charge in [-0.15, -0.1) is 6.58 Å². The van der Waals surface area contributed by atoms with Crippen LogP contribution in [0.1, 0.15) is 67.9 Å². The quantitative estimate of drug-likeness (QED) is 0.367. The molecule has 1 N–H and O–H groups in total. The lowest BCUT2D eigenvalue weighted by molar-refractivity contribution is 0.443. The van der Waals surface area contributed by atoms with Gasteiger partial charge in [-0.1, -0.05) is 98.7 Å². The fourth-order valence-electron chi connectivity index (χ4n) is 6.67. The van der Waals surface area contributed by atoms with Crippen molar-refractivity contribution >= 4 is 18.2 Å². The van der Waals surface area contributed by atoms with Crippen LogP contribution in [0.4, 0.5) is 0 Å². The summed E-state index contributed by atoms with van der Waals surface area (Å²) >= 11 is 0. The Morgan fingerprint density at radius 2 is 1.19 bits per heavy atom. The van der Waals surface area contributed by atoms with Crippen molar-refractivity contribution in [2.24, 2.45) is 0 Å². The second kappa shape index (κ2) is 6.61. The molecule has 0 radical (unpaired) electrons. The Kier molecular flexibility index (Phi) is 5.88. The first-order valence-electron chi connectivity index (χ1n) is 9.08. The van der Waals surface area contributed by atoms with E-state index in [1.165, 1.54) is 6.08 Å². The predicted molar refractivity (Wildman–Crippen MR) is 115 cm³/mol. The van der Waals surface area contributed by atoms with Crippen molar-refractivity contribution in [1.82, 2.24) is 0 Å². The highest BCUT2D eigenvalue weighted by Crippen LogP contribution is 2.70. The Morgan fingerprint density at radius 1 is 0.846 bits per heavy atom. The highest BCUT2D eigenvalue weighted by atomic mass is 32.2. The molecule has 0 amide bonds. The Balaban J connectivity index is 4.42. The fourth-order valence-corrected chi connectivity index (χ4v) is 22.6. The zero-order chi connectivity index (χ0) is 20.8. The smallest absolute Gasteiger partial charge is 0.275 e. The first-order chi connectivity index (χ1) is 11.4. The summed E-state index contributed by atoms with van der Waals surface area (Å²) in [6.45, 7) is 23.0. The van der Waals surface area contributed by atoms with Crippen LogP contribution < -0.4 is 0 Å². The number of rotatable bonds is 4. The summed E-state index contributed by atoms with van der Waals surface area (Å²) in [4.78, 5) is 0. The van der Waals surface area contributed by atoms with Gasteiger partial charge in [0.2, 0.25) is 0 Å². The molecule has 0 saturated carbocycles. The van der Waals surface area contributed by atoms with E-state index in [2.05, 4.69) is 68.9 Å². The molecule has 0 bridgehead atoms. The van der Waals surface area contributed by atoms with Crippen molar-refractivity contribution < 1.29 is 13.0 Å². The van der Waals surface area contributed by atoms with E-state index in [0.717, 1.165) is 0 Å². The molecule has 26 heavy (non-hydrogen) atoms. The van der Waals surface area contributed by atoms with E-state index in [0.29, 0.717) is 5.56 Å². The van der Waals surface area contributed by atoms with E-state index >= 15 is 0 Å². The number of hydrogen-bond acceptors (Lipinski definition) is 2. The third-order valence-electron chi connectivity index (χ3n) is 5.83. The molecule has 0 spiro atoms. The second-order valence-electron chi connectivity index (χ2n) is 10.3. The summed E-state index contributed by atoms with van der Waals surface area (Å²) in [6, 6.07) is 9.12. The SMILES string of the molecule is C=CC(c1ccccc1)([Si](C(C)(C)C)(C(C)(C)C)C(C)(C)C)S(=O)(=O)O. The van der Waals surface area contributed by atoms with E-state index in [9.17, 15) is 13.0 Å². The predicted octanol–water partition coefficient (Wildman–Crippen LogP) is 6.34. The number of hydrogen-bond donors (Lipinski definition) is 1. The molecule has 0 fully saturated rings. The maximum absolute atomic E-state index is 13.2. The zero-order valence-electron chi connectivity index (χ0n) is 17.8. The van der Waals surface area contributed by atoms with E-state index in [4.69, 9.17) is 0 Å². The first-order valence-corrected chi connectivity index (χ1v) is 12.5. The van der Waals surface area contributed by atoms with Gasteiger partial charge in [0.05, 0.1) is 0 Å². The van der Waals surface area contributed by atoms with Crippen LogP contribution >= 0.6 is 0 Å². The summed E-state index contributed by atoms with van der Waals surface area (Å²) in [5.41, 5.74) is 0.601. The lowest BCUT2D eigenvalue weighted by atomic mass is 10.1. The van der Waals surface area contributed by atoms with Crippen molar-refractivity contribution in [2.45, 2.75) is 81.8 Å². The summed E-state index contributed by atoms with van der Waals surface area (Å²) < 4.78 is 35.6. The van der Waals surface area contributed by atoms with Gasteiger partial charge < -0.3 is 0 Å². The van der Waals surface area contributed by atoms with Crippen molar-refractivity contribution in [2.75, 3.05) is 0 Å². The maximum atomic E-state index is 13.2. The molecule has 0 aromatic heterocycles. The summed E-state index contributed by atoms with van der Waals surface area (Å²) in [6.07, 6.45) is 1.51. The minimum atomic E-state index is -4.49. The Labute approximate surface area is 161 Å². The highest BCUT2D eigenvalue weighted by Gasteiger charge is 2.74. The van der Waals surface area contributed by atoms with Crippen LogP contribution in [0.3, 0.4) is 0 Å². The van der Waals surface area contributed by atoms with Gasteiger partial charge in [-0.25, -0.2) is 0 Å². The summed E-state index contributed by atoms with van der Waals surface area (Å²) in [5.74, 6) is 0. The second-order valence-corrected chi connectivity index (χ2v) is 19.0. The van der Waals surface area contributed by atoms with E-state index in [1.807, 2.05) is 18.2 Å². The molecule has 0 heterocycles. The number of benzene rings is 1. The molecular weight excluding hydrogens is 360 g/mol. The van der Waals surface area contributed by atoms with Crippen LogP contribution in [0.2, 0.25) is 15.1 Å². The Bertz CT molecular complexity index is 711. The monoisotopic (exact) mass is 396 g/mol. The molecule has 1 rings (SSSR count). The van der Waals surface area contributed by atoms with Gasteiger partial charge in [-0.05, 0) is 20.7 Å². The first kappa shape index (κ1) is 23.1. The van der Waals surface area contributed by atoms with Gasteiger partial charge in [0.25, 0.3) is 10.1 Å². The Morgan fingerprint density at radius 3 is 1.42 bits per heavy atom. The van der Waals surface area contributed by atoms with E-state index in [1.54, 1.807) is 12.1 Å². The van der Waals surface area contributed by atoms with E-state index < -0.39 is 22.6 Å². The highest BCUT2D eigenvalue weighted by molar-refractivity contribution is 7.89. The standard InChI is InChI=1S/C21H36O3SSi/c1-11-21(25(22,23)24,17-15-13-12-14-16-17)26(18(2,3)4,19(5,6)7)20(8,9)10/h11-16H,1H2,2-10H3,(H,22,23,24). The van der Waals surface area contributed by atoms with Gasteiger partial charge in [-0.3, -0.25) is 4.55 Å². The molecule has 0 aliphatic heterocycles. The molecule has 5 heteroatoms. The van der Waals surface area contributed by atoms with Crippen LogP contribution in [0.5, 0.6) is 0 Å². The largest absolute Gasteiger partial charge is 0.285 e. The third kappa shape index (κ3) is 3.02. The third-order valence-corrected chi connectivity index (χ3v) is 17.1. The Hall–Kier alpha value is -0.913. The lowest BCUT2D eigenvalue weighted by Gasteiger charge is -2.65. The summed E-state index contributed by atoms with van der Waals surface area (Å²) in [7, 11) is -7.51. The van der Waals surface area contributed by atoms with Crippen LogP contribution in [0.15, 0.2) is 43.0 Å². The average Bonchev–Trinajstić information content (AvgIpc) is 2.39. The van der Waals surface area contributed by atoms with Gasteiger partial charge in [0.1, 0.15) is 12.4 Å². The van der Waals surface area contributed by atoms with Gasteiger partial charge in [0, 0.05) is 0 Å². The molecule has 148 valence electrons. The van der Waals surface area contributed by atoms with Gasteiger partial charge in [-0.2, -0.15) is 8.42 Å². The van der Waals surface area contributed by atoms with Gasteiger partial charge >= 0.3 is 0 Å². The normalized spacial score (nSPS) is 16.8. The van der Waals surface area contributed by atoms with Crippen molar-refractivity contribution in [3.05, 3.63) is 48.6 Å². The lowest BCUT2D eigenvalue weighted by Crippen LogP contribution is -2.72. The minimum Gasteiger partial charge on any atom is -0.285 e.